The lowest BCUT2D eigenvalue weighted by molar-refractivity contribution is -0.123. The van der Waals surface area contributed by atoms with E-state index in [9.17, 15) is 14.0 Å². The van der Waals surface area contributed by atoms with Crippen molar-refractivity contribution in [2.24, 2.45) is 11.7 Å². The third-order valence-electron chi connectivity index (χ3n) is 4.43. The third-order valence-corrected chi connectivity index (χ3v) is 4.43. The zero-order valence-electron chi connectivity index (χ0n) is 13.4. The van der Waals surface area contributed by atoms with Crippen molar-refractivity contribution in [1.82, 2.24) is 14.7 Å². The fourth-order valence-corrected chi connectivity index (χ4v) is 3.05. The quantitative estimate of drug-likeness (QED) is 0.929. The van der Waals surface area contributed by atoms with Crippen LogP contribution in [-0.4, -0.2) is 39.6 Å². The van der Waals surface area contributed by atoms with Crippen molar-refractivity contribution in [3.05, 3.63) is 47.5 Å². The number of aromatic nitrogens is 2. The second-order valence-corrected chi connectivity index (χ2v) is 6.00. The number of carbonyl (C=O) groups excluding carboxylic acids is 2. The van der Waals surface area contributed by atoms with Crippen LogP contribution in [0.15, 0.2) is 30.5 Å². The van der Waals surface area contributed by atoms with E-state index in [-0.39, 0.29) is 17.7 Å². The first-order valence-corrected chi connectivity index (χ1v) is 7.87. The Morgan fingerprint density at radius 2 is 2.08 bits per heavy atom. The van der Waals surface area contributed by atoms with E-state index in [0.29, 0.717) is 36.5 Å². The molecule has 1 aliphatic heterocycles. The number of para-hydroxylation sites is 1. The highest BCUT2D eigenvalue weighted by Gasteiger charge is 2.29. The maximum Gasteiger partial charge on any atom is 0.257 e. The maximum atomic E-state index is 14.0. The van der Waals surface area contributed by atoms with Gasteiger partial charge in [0.15, 0.2) is 0 Å². The predicted molar refractivity (Wildman–Crippen MR) is 86.1 cm³/mol. The van der Waals surface area contributed by atoms with Crippen molar-refractivity contribution in [3.8, 4) is 5.69 Å². The number of likely N-dealkylation sites (tertiary alicyclic amines) is 1. The van der Waals surface area contributed by atoms with Gasteiger partial charge in [-0.05, 0) is 31.9 Å². The summed E-state index contributed by atoms with van der Waals surface area (Å²) in [6, 6.07) is 6.26. The van der Waals surface area contributed by atoms with E-state index in [1.165, 1.54) is 16.9 Å². The molecule has 7 heteroatoms. The van der Waals surface area contributed by atoms with E-state index >= 15 is 0 Å². The number of hydrogen-bond donors (Lipinski definition) is 1. The van der Waals surface area contributed by atoms with E-state index in [4.69, 9.17) is 5.73 Å². The molecule has 0 spiro atoms. The molecule has 1 aromatic carbocycles. The largest absolute Gasteiger partial charge is 0.369 e. The van der Waals surface area contributed by atoms with Crippen LogP contribution in [0.2, 0.25) is 0 Å². The molecule has 0 aliphatic carbocycles. The lowest BCUT2D eigenvalue weighted by Gasteiger charge is -2.31. The Morgan fingerprint density at radius 3 is 2.79 bits per heavy atom. The van der Waals surface area contributed by atoms with Crippen LogP contribution in [0.4, 0.5) is 4.39 Å². The smallest absolute Gasteiger partial charge is 0.257 e. The molecule has 2 heterocycles. The molecule has 1 atom stereocenters. The Morgan fingerprint density at radius 1 is 1.33 bits per heavy atom. The van der Waals surface area contributed by atoms with E-state index in [0.717, 1.165) is 6.42 Å². The molecule has 0 radical (unpaired) electrons. The second-order valence-electron chi connectivity index (χ2n) is 6.00. The predicted octanol–water partition coefficient (Wildman–Crippen LogP) is 1.66. The highest BCUT2D eigenvalue weighted by atomic mass is 19.1. The lowest BCUT2D eigenvalue weighted by atomic mass is 9.97. The minimum Gasteiger partial charge on any atom is -0.369 e. The van der Waals surface area contributed by atoms with Crippen LogP contribution in [0.1, 0.15) is 28.9 Å². The highest BCUT2D eigenvalue weighted by molar-refractivity contribution is 5.95. The molecular formula is C17H19FN4O2. The molecular weight excluding hydrogens is 311 g/mol. The first-order valence-electron chi connectivity index (χ1n) is 7.87. The Labute approximate surface area is 139 Å². The zero-order valence-corrected chi connectivity index (χ0v) is 13.4. The molecule has 1 saturated heterocycles. The average molecular weight is 330 g/mol. The van der Waals surface area contributed by atoms with Gasteiger partial charge in [-0.25, -0.2) is 9.07 Å². The number of nitrogens with zero attached hydrogens (tertiary/aromatic N) is 3. The zero-order chi connectivity index (χ0) is 17.3. The number of hydrogen-bond acceptors (Lipinski definition) is 3. The summed E-state index contributed by atoms with van der Waals surface area (Å²) in [7, 11) is 0. The van der Waals surface area contributed by atoms with Gasteiger partial charge in [0.25, 0.3) is 5.91 Å². The van der Waals surface area contributed by atoms with Crippen molar-refractivity contribution in [3.63, 3.8) is 0 Å². The molecule has 126 valence electrons. The molecule has 1 aliphatic rings. The summed E-state index contributed by atoms with van der Waals surface area (Å²) in [5.74, 6) is -1.31. The number of benzene rings is 1. The first kappa shape index (κ1) is 16.2. The SMILES string of the molecule is Cc1c(C(=O)N2CCC[C@@H](C(N)=O)C2)cnn1-c1ccccc1F. The normalized spacial score (nSPS) is 17.8. The van der Waals surface area contributed by atoms with Crippen molar-refractivity contribution < 1.29 is 14.0 Å². The molecule has 0 unspecified atom stereocenters. The summed E-state index contributed by atoms with van der Waals surface area (Å²) >= 11 is 0. The van der Waals surface area contributed by atoms with Crippen LogP contribution in [0.25, 0.3) is 5.69 Å². The van der Waals surface area contributed by atoms with Crippen molar-refractivity contribution in [1.29, 1.82) is 0 Å². The fourth-order valence-electron chi connectivity index (χ4n) is 3.05. The van der Waals surface area contributed by atoms with Gasteiger partial charge in [-0.1, -0.05) is 12.1 Å². The van der Waals surface area contributed by atoms with Gasteiger partial charge in [-0.3, -0.25) is 9.59 Å². The Hall–Kier alpha value is -2.70. The average Bonchev–Trinajstić information content (AvgIpc) is 2.96. The topological polar surface area (TPSA) is 81.2 Å². The van der Waals surface area contributed by atoms with Crippen LogP contribution in [-0.2, 0) is 4.79 Å². The van der Waals surface area contributed by atoms with E-state index < -0.39 is 5.82 Å². The number of nitrogens with two attached hydrogens (primary N) is 1. The van der Waals surface area contributed by atoms with Crippen LogP contribution < -0.4 is 5.73 Å². The maximum absolute atomic E-state index is 14.0. The summed E-state index contributed by atoms with van der Waals surface area (Å²) in [4.78, 5) is 25.7. The number of amides is 2. The van der Waals surface area contributed by atoms with Crippen molar-refractivity contribution >= 4 is 11.8 Å². The minimum absolute atomic E-state index is 0.207. The molecule has 0 bridgehead atoms. The Kier molecular flexibility index (Phi) is 4.33. The Bertz CT molecular complexity index is 787. The van der Waals surface area contributed by atoms with Gasteiger partial charge in [0.05, 0.1) is 23.4 Å². The van der Waals surface area contributed by atoms with Crippen LogP contribution in [0.5, 0.6) is 0 Å². The van der Waals surface area contributed by atoms with E-state index in [1.54, 1.807) is 30.0 Å². The van der Waals surface area contributed by atoms with Gasteiger partial charge in [0.1, 0.15) is 11.5 Å². The number of piperidine rings is 1. The lowest BCUT2D eigenvalue weighted by Crippen LogP contribution is -2.44. The van der Waals surface area contributed by atoms with Gasteiger partial charge < -0.3 is 10.6 Å². The van der Waals surface area contributed by atoms with Gasteiger partial charge in [0.2, 0.25) is 5.91 Å². The number of rotatable bonds is 3. The molecule has 1 aromatic heterocycles. The molecule has 0 saturated carbocycles. The van der Waals surface area contributed by atoms with Gasteiger partial charge >= 0.3 is 0 Å². The van der Waals surface area contributed by atoms with Crippen LogP contribution >= 0.6 is 0 Å². The van der Waals surface area contributed by atoms with Crippen molar-refractivity contribution in [2.75, 3.05) is 13.1 Å². The van der Waals surface area contributed by atoms with Crippen LogP contribution in [0, 0.1) is 18.7 Å². The summed E-state index contributed by atoms with van der Waals surface area (Å²) < 4.78 is 15.4. The fraction of sp³-hybridized carbons (Fsp3) is 0.353. The van der Waals surface area contributed by atoms with E-state index in [1.807, 2.05) is 0 Å². The number of halogens is 1. The molecule has 1 fully saturated rings. The standard InChI is InChI=1S/C17H19FN4O2/c1-11-13(9-20-22(11)15-7-3-2-6-14(15)18)17(24)21-8-4-5-12(10-21)16(19)23/h2-3,6-7,9,12H,4-5,8,10H2,1H3,(H2,19,23)/t12-/m1/s1. The van der Waals surface area contributed by atoms with E-state index in [2.05, 4.69) is 5.10 Å². The van der Waals surface area contributed by atoms with Crippen molar-refractivity contribution in [2.45, 2.75) is 19.8 Å². The third kappa shape index (κ3) is 2.89. The van der Waals surface area contributed by atoms with Crippen LogP contribution in [0.3, 0.4) is 0 Å². The number of carbonyl (C=O) groups is 2. The summed E-state index contributed by atoms with van der Waals surface area (Å²) in [6.45, 7) is 2.62. The molecule has 2 N–H and O–H groups in total. The molecule has 2 amide bonds. The number of primary amides is 1. The molecule has 6 nitrogen and oxygen atoms in total. The summed E-state index contributed by atoms with van der Waals surface area (Å²) in [5, 5.41) is 4.15. The first-order chi connectivity index (χ1) is 11.5. The summed E-state index contributed by atoms with van der Waals surface area (Å²) in [5.41, 5.74) is 6.62. The minimum atomic E-state index is -0.408. The molecule has 24 heavy (non-hydrogen) atoms. The van der Waals surface area contributed by atoms with Gasteiger partial charge in [0, 0.05) is 13.1 Å². The monoisotopic (exact) mass is 330 g/mol. The highest BCUT2D eigenvalue weighted by Crippen LogP contribution is 2.22. The van der Waals surface area contributed by atoms with Gasteiger partial charge in [-0.15, -0.1) is 0 Å². The molecule has 3 rings (SSSR count). The molecule has 2 aromatic rings. The Balaban J connectivity index is 1.87. The second kappa shape index (κ2) is 6.43. The van der Waals surface area contributed by atoms with Gasteiger partial charge in [-0.2, -0.15) is 5.10 Å². The summed E-state index contributed by atoms with van der Waals surface area (Å²) in [6.07, 6.45) is 2.88.